The topological polar surface area (TPSA) is 77.2 Å². The number of anilines is 3. The zero-order chi connectivity index (χ0) is 13.9. The fourth-order valence-corrected chi connectivity index (χ4v) is 2.92. The quantitative estimate of drug-likeness (QED) is 0.595. The van der Waals surface area contributed by atoms with Gasteiger partial charge in [-0.2, -0.15) is 11.3 Å². The highest BCUT2D eigenvalue weighted by atomic mass is 35.5. The van der Waals surface area contributed by atoms with Gasteiger partial charge in [0.05, 0.1) is 6.26 Å². The lowest BCUT2D eigenvalue weighted by molar-refractivity contribution is 0.579. The van der Waals surface area contributed by atoms with Gasteiger partial charge in [-0.1, -0.05) is 0 Å². The molecule has 7 heteroatoms. The van der Waals surface area contributed by atoms with Crippen molar-refractivity contribution in [3.8, 4) is 11.1 Å². The van der Waals surface area contributed by atoms with E-state index in [0.717, 1.165) is 22.7 Å². The number of hydrogen-bond acceptors (Lipinski definition) is 5. The van der Waals surface area contributed by atoms with E-state index in [1.54, 1.807) is 17.6 Å². The van der Waals surface area contributed by atoms with Gasteiger partial charge >= 0.3 is 0 Å². The first-order valence-electron chi connectivity index (χ1n) is 6.22. The molecule has 0 bridgehead atoms. The molecule has 0 amide bonds. The third-order valence-electron chi connectivity index (χ3n) is 3.08. The zero-order valence-electron chi connectivity index (χ0n) is 11.6. The predicted molar refractivity (Wildman–Crippen MR) is 99.1 cm³/mol. The van der Waals surface area contributed by atoms with Crippen LogP contribution in [0.15, 0.2) is 51.8 Å². The van der Waals surface area contributed by atoms with Crippen molar-refractivity contribution in [1.82, 2.24) is 0 Å². The summed E-state index contributed by atoms with van der Waals surface area (Å²) >= 11 is 1.65. The van der Waals surface area contributed by atoms with Crippen LogP contribution in [0.3, 0.4) is 0 Å². The zero-order valence-corrected chi connectivity index (χ0v) is 14.1. The van der Waals surface area contributed by atoms with E-state index in [-0.39, 0.29) is 24.8 Å². The molecule has 2 aromatic heterocycles. The second-order valence-electron chi connectivity index (χ2n) is 4.49. The van der Waals surface area contributed by atoms with E-state index in [9.17, 15) is 0 Å². The number of furan rings is 1. The number of nitrogens with two attached hydrogens (primary N) is 2. The summed E-state index contributed by atoms with van der Waals surface area (Å²) in [6.45, 7) is 0.681. The van der Waals surface area contributed by atoms with E-state index in [4.69, 9.17) is 15.9 Å². The molecule has 0 saturated carbocycles. The van der Waals surface area contributed by atoms with Crippen LogP contribution in [0.5, 0.6) is 0 Å². The number of thiophene rings is 1. The van der Waals surface area contributed by atoms with Gasteiger partial charge in [0.15, 0.2) is 5.88 Å². The lowest BCUT2D eigenvalue weighted by atomic mass is 10.0. The molecule has 0 radical (unpaired) electrons. The van der Waals surface area contributed by atoms with E-state index in [1.807, 2.05) is 30.3 Å². The van der Waals surface area contributed by atoms with Crippen molar-refractivity contribution >= 4 is 53.4 Å². The van der Waals surface area contributed by atoms with Gasteiger partial charge in [-0.05, 0) is 46.2 Å². The fourth-order valence-electron chi connectivity index (χ4n) is 2.07. The Bertz CT molecular complexity index is 713. The van der Waals surface area contributed by atoms with Crippen molar-refractivity contribution < 1.29 is 4.42 Å². The van der Waals surface area contributed by atoms with Crippen molar-refractivity contribution in [2.45, 2.75) is 6.54 Å². The molecule has 1 aromatic carbocycles. The van der Waals surface area contributed by atoms with Gasteiger partial charge in [0.2, 0.25) is 0 Å². The minimum atomic E-state index is 0. The molecule has 0 aliphatic rings. The Balaban J connectivity index is 0.00000121. The van der Waals surface area contributed by atoms with E-state index in [0.29, 0.717) is 12.2 Å². The highest BCUT2D eigenvalue weighted by Crippen LogP contribution is 2.33. The summed E-state index contributed by atoms with van der Waals surface area (Å²) in [4.78, 5) is 0. The summed E-state index contributed by atoms with van der Waals surface area (Å²) in [6, 6.07) is 9.31. The lowest BCUT2D eigenvalue weighted by Gasteiger charge is -2.09. The number of halogens is 2. The summed E-state index contributed by atoms with van der Waals surface area (Å²) in [6.07, 6.45) is 1.65. The molecule has 22 heavy (non-hydrogen) atoms. The van der Waals surface area contributed by atoms with Crippen molar-refractivity contribution in [2.75, 3.05) is 16.8 Å². The van der Waals surface area contributed by atoms with E-state index in [2.05, 4.69) is 16.1 Å². The second kappa shape index (κ2) is 7.98. The summed E-state index contributed by atoms with van der Waals surface area (Å²) in [5.74, 6) is 0.752. The number of hydrogen-bond donors (Lipinski definition) is 3. The van der Waals surface area contributed by atoms with Crippen LogP contribution in [0.25, 0.3) is 11.1 Å². The van der Waals surface area contributed by atoms with Crippen LogP contribution in [0.2, 0.25) is 0 Å². The highest BCUT2D eigenvalue weighted by molar-refractivity contribution is 7.08. The first kappa shape index (κ1) is 18.2. The van der Waals surface area contributed by atoms with Crippen molar-refractivity contribution in [1.29, 1.82) is 0 Å². The summed E-state index contributed by atoms with van der Waals surface area (Å²) in [7, 11) is 0. The maximum absolute atomic E-state index is 6.05. The first-order chi connectivity index (χ1) is 9.74. The van der Waals surface area contributed by atoms with E-state index in [1.165, 1.54) is 5.56 Å². The molecule has 0 aliphatic carbocycles. The molecule has 0 aliphatic heterocycles. The Hall–Kier alpha value is -1.82. The highest BCUT2D eigenvalue weighted by Gasteiger charge is 2.10. The number of rotatable bonds is 4. The average Bonchev–Trinajstić information content (AvgIpc) is 3.09. The number of nitrogen functional groups attached to an aromatic ring is 2. The molecule has 3 rings (SSSR count). The van der Waals surface area contributed by atoms with Crippen LogP contribution in [-0.4, -0.2) is 0 Å². The van der Waals surface area contributed by atoms with Gasteiger partial charge in [-0.3, -0.25) is 0 Å². The smallest absolute Gasteiger partial charge is 0.192 e. The molecule has 0 fully saturated rings. The lowest BCUT2D eigenvalue weighted by Crippen LogP contribution is -1.99. The number of benzene rings is 1. The molecule has 118 valence electrons. The number of nitrogens with one attached hydrogen (secondary N) is 1. The third kappa shape index (κ3) is 3.88. The monoisotopic (exact) mass is 357 g/mol. The van der Waals surface area contributed by atoms with E-state index >= 15 is 0 Å². The molecule has 2 heterocycles. The largest absolute Gasteiger partial charge is 0.449 e. The normalized spacial score (nSPS) is 9.64. The van der Waals surface area contributed by atoms with Gasteiger partial charge in [0, 0.05) is 29.5 Å². The SMILES string of the molecule is Cl.Cl.Nc1ccc(N)c(-c2cscc2CNc2ccco2)c1. The van der Waals surface area contributed by atoms with Crippen molar-refractivity contribution in [3.63, 3.8) is 0 Å². The minimum absolute atomic E-state index is 0. The van der Waals surface area contributed by atoms with Gasteiger partial charge in [0.1, 0.15) is 0 Å². The Morgan fingerprint density at radius 2 is 1.86 bits per heavy atom. The summed E-state index contributed by atoms with van der Waals surface area (Å²) in [5.41, 5.74) is 16.6. The molecule has 5 N–H and O–H groups in total. The average molecular weight is 358 g/mol. The standard InChI is InChI=1S/C15H15N3OS.2ClH/c16-11-3-4-14(17)12(6-11)13-9-20-8-10(13)7-18-15-2-1-5-19-15;;/h1-6,8-9,18H,7,16-17H2;2*1H. The summed E-state index contributed by atoms with van der Waals surface area (Å²) in [5, 5.41) is 7.43. The summed E-state index contributed by atoms with van der Waals surface area (Å²) < 4.78 is 5.27. The Labute approximate surface area is 145 Å². The van der Waals surface area contributed by atoms with Crippen LogP contribution in [0.1, 0.15) is 5.56 Å². The van der Waals surface area contributed by atoms with Gasteiger partial charge in [-0.15, -0.1) is 24.8 Å². The van der Waals surface area contributed by atoms with Gasteiger partial charge in [0.25, 0.3) is 0 Å². The molecule has 0 unspecified atom stereocenters. The molecule has 0 saturated heterocycles. The Morgan fingerprint density at radius 3 is 2.59 bits per heavy atom. The third-order valence-corrected chi connectivity index (χ3v) is 3.88. The fraction of sp³-hybridized carbons (Fsp3) is 0.0667. The van der Waals surface area contributed by atoms with Crippen LogP contribution in [0, 0.1) is 0 Å². The van der Waals surface area contributed by atoms with Crippen LogP contribution in [0.4, 0.5) is 17.3 Å². The second-order valence-corrected chi connectivity index (χ2v) is 5.23. The molecule has 0 atom stereocenters. The molecule has 3 aromatic rings. The molecular weight excluding hydrogens is 341 g/mol. The van der Waals surface area contributed by atoms with Crippen molar-refractivity contribution in [2.24, 2.45) is 0 Å². The van der Waals surface area contributed by atoms with Gasteiger partial charge in [-0.25, -0.2) is 0 Å². The molecule has 4 nitrogen and oxygen atoms in total. The van der Waals surface area contributed by atoms with Crippen molar-refractivity contribution in [3.05, 3.63) is 52.9 Å². The first-order valence-corrected chi connectivity index (χ1v) is 7.16. The Kier molecular flexibility index (Phi) is 6.61. The van der Waals surface area contributed by atoms with E-state index < -0.39 is 0 Å². The maximum atomic E-state index is 6.05. The van der Waals surface area contributed by atoms with Crippen LogP contribution >= 0.6 is 36.2 Å². The van der Waals surface area contributed by atoms with Gasteiger partial charge < -0.3 is 21.2 Å². The minimum Gasteiger partial charge on any atom is -0.449 e. The molecule has 0 spiro atoms. The predicted octanol–water partition coefficient (Wildman–Crippen LogP) is 4.63. The van der Waals surface area contributed by atoms with Crippen LogP contribution in [-0.2, 0) is 6.54 Å². The Morgan fingerprint density at radius 1 is 1.05 bits per heavy atom. The molecular formula is C15H17Cl2N3OS. The maximum Gasteiger partial charge on any atom is 0.192 e. The van der Waals surface area contributed by atoms with Crippen LogP contribution < -0.4 is 16.8 Å².